The van der Waals surface area contributed by atoms with Gasteiger partial charge >= 0.3 is 5.97 Å². The first-order valence-corrected chi connectivity index (χ1v) is 11.6. The van der Waals surface area contributed by atoms with Crippen molar-refractivity contribution in [3.8, 4) is 17.2 Å². The van der Waals surface area contributed by atoms with Crippen LogP contribution in [0.3, 0.4) is 0 Å². The van der Waals surface area contributed by atoms with Gasteiger partial charge in [0.1, 0.15) is 17.2 Å². The van der Waals surface area contributed by atoms with Gasteiger partial charge < -0.3 is 14.2 Å². The van der Waals surface area contributed by atoms with E-state index in [1.807, 2.05) is 0 Å². The molecule has 0 saturated heterocycles. The van der Waals surface area contributed by atoms with E-state index in [0.29, 0.717) is 23.7 Å². The minimum atomic E-state index is -0.445. The van der Waals surface area contributed by atoms with Crippen LogP contribution in [0.15, 0.2) is 82.4 Å². The molecule has 0 aliphatic rings. The van der Waals surface area contributed by atoms with Crippen molar-refractivity contribution < 1.29 is 23.8 Å². The number of carbonyl (C=O) groups is 2. The molecule has 0 saturated carbocycles. The van der Waals surface area contributed by atoms with E-state index in [4.69, 9.17) is 14.2 Å². The van der Waals surface area contributed by atoms with Crippen LogP contribution in [-0.4, -0.2) is 31.3 Å². The molecule has 0 unspecified atom stereocenters. The fraction of sp³-hybridized carbons (Fsp3) is 0.192. The normalized spacial score (nSPS) is 10.6. The van der Waals surface area contributed by atoms with Crippen molar-refractivity contribution in [2.45, 2.75) is 19.8 Å². The highest BCUT2D eigenvalue weighted by Gasteiger charge is 2.08. The zero-order valence-electron chi connectivity index (χ0n) is 18.7. The molecule has 176 valence electrons. The van der Waals surface area contributed by atoms with Gasteiger partial charge in [0, 0.05) is 4.47 Å². The van der Waals surface area contributed by atoms with E-state index in [1.54, 1.807) is 72.8 Å². The third-order valence-corrected chi connectivity index (χ3v) is 5.06. The summed E-state index contributed by atoms with van der Waals surface area (Å²) < 4.78 is 17.3. The van der Waals surface area contributed by atoms with Gasteiger partial charge in [0.2, 0.25) is 0 Å². The van der Waals surface area contributed by atoms with E-state index in [0.717, 1.165) is 28.6 Å². The van der Waals surface area contributed by atoms with Gasteiger partial charge in [-0.05, 0) is 84.8 Å². The molecule has 0 heterocycles. The second-order valence-corrected chi connectivity index (χ2v) is 8.14. The molecule has 3 aromatic rings. The summed E-state index contributed by atoms with van der Waals surface area (Å²) in [4.78, 5) is 24.1. The molecule has 1 amide bonds. The summed E-state index contributed by atoms with van der Waals surface area (Å²) in [7, 11) is 0. The maximum absolute atomic E-state index is 12.2. The number of halogens is 1. The number of benzene rings is 3. The summed E-state index contributed by atoms with van der Waals surface area (Å²) in [6.07, 6.45) is 3.57. The number of hydrogen-bond acceptors (Lipinski definition) is 6. The van der Waals surface area contributed by atoms with E-state index in [-0.39, 0.29) is 12.5 Å². The number of esters is 1. The van der Waals surface area contributed by atoms with E-state index < -0.39 is 5.97 Å². The van der Waals surface area contributed by atoms with Gasteiger partial charge in [0.25, 0.3) is 5.91 Å². The van der Waals surface area contributed by atoms with Gasteiger partial charge in [-0.15, -0.1) is 0 Å². The van der Waals surface area contributed by atoms with Crippen LogP contribution in [0, 0.1) is 0 Å². The topological polar surface area (TPSA) is 86.2 Å². The van der Waals surface area contributed by atoms with Crippen molar-refractivity contribution >= 4 is 34.0 Å². The molecule has 34 heavy (non-hydrogen) atoms. The Morgan fingerprint density at radius 1 is 0.882 bits per heavy atom. The van der Waals surface area contributed by atoms with Crippen LogP contribution < -0.4 is 19.6 Å². The lowest BCUT2D eigenvalue weighted by Crippen LogP contribution is -2.24. The first-order valence-electron chi connectivity index (χ1n) is 10.8. The number of carbonyl (C=O) groups excluding carboxylic acids is 2. The molecule has 8 heteroatoms. The molecule has 7 nitrogen and oxygen atoms in total. The monoisotopic (exact) mass is 524 g/mol. The van der Waals surface area contributed by atoms with Gasteiger partial charge in [-0.25, -0.2) is 10.2 Å². The van der Waals surface area contributed by atoms with Crippen molar-refractivity contribution in [1.82, 2.24) is 5.43 Å². The molecule has 0 aromatic heterocycles. The Bertz CT molecular complexity index is 1100. The predicted octanol–water partition coefficient (Wildman–Crippen LogP) is 5.38. The predicted molar refractivity (Wildman–Crippen MR) is 134 cm³/mol. The Kier molecular flexibility index (Phi) is 9.66. The summed E-state index contributed by atoms with van der Waals surface area (Å²) >= 11 is 3.33. The maximum Gasteiger partial charge on any atom is 0.343 e. The maximum atomic E-state index is 12.2. The van der Waals surface area contributed by atoms with Crippen molar-refractivity contribution in [3.63, 3.8) is 0 Å². The second kappa shape index (κ2) is 13.2. The van der Waals surface area contributed by atoms with Crippen LogP contribution in [-0.2, 0) is 4.79 Å². The summed E-state index contributed by atoms with van der Waals surface area (Å²) in [5.74, 6) is 0.905. The SMILES string of the molecule is CCCCOc1ccc(OCC(=O)N/N=C/c2ccc(OC(=O)c3ccc(Br)cc3)cc2)cc1. The Morgan fingerprint density at radius 2 is 1.50 bits per heavy atom. The van der Waals surface area contributed by atoms with Crippen molar-refractivity contribution in [2.24, 2.45) is 5.10 Å². The lowest BCUT2D eigenvalue weighted by atomic mass is 10.2. The molecular formula is C26H25BrN2O5. The molecule has 0 atom stereocenters. The third kappa shape index (κ3) is 8.37. The number of rotatable bonds is 11. The molecule has 0 fully saturated rings. The molecule has 3 rings (SSSR count). The van der Waals surface area contributed by atoms with E-state index in [9.17, 15) is 9.59 Å². The number of ether oxygens (including phenoxy) is 3. The van der Waals surface area contributed by atoms with Gasteiger partial charge in [-0.2, -0.15) is 5.10 Å². The summed E-state index contributed by atoms with van der Waals surface area (Å²) in [5, 5.41) is 3.92. The van der Waals surface area contributed by atoms with Gasteiger partial charge in [0.15, 0.2) is 6.61 Å². The summed E-state index contributed by atoms with van der Waals surface area (Å²) in [6.45, 7) is 2.62. The first-order chi connectivity index (χ1) is 16.5. The quantitative estimate of drug-likeness (QED) is 0.120. The number of nitrogens with one attached hydrogen (secondary N) is 1. The smallest absolute Gasteiger partial charge is 0.343 e. The molecule has 0 spiro atoms. The van der Waals surface area contributed by atoms with Crippen LogP contribution in [0.1, 0.15) is 35.7 Å². The van der Waals surface area contributed by atoms with Gasteiger partial charge in [-0.1, -0.05) is 29.3 Å². The molecule has 1 N–H and O–H groups in total. The Morgan fingerprint density at radius 3 is 2.15 bits per heavy atom. The highest BCUT2D eigenvalue weighted by molar-refractivity contribution is 9.10. The minimum Gasteiger partial charge on any atom is -0.494 e. The standard InChI is InChI=1S/C26H25BrN2O5/c1-2-3-16-32-22-12-14-23(15-13-22)33-18-25(30)29-28-17-19-4-10-24(11-5-19)34-26(31)20-6-8-21(27)9-7-20/h4-15,17H,2-3,16,18H2,1H3,(H,29,30)/b28-17+. The van der Waals surface area contributed by atoms with E-state index in [1.165, 1.54) is 6.21 Å². The van der Waals surface area contributed by atoms with Crippen LogP contribution in [0.4, 0.5) is 0 Å². The number of nitrogens with zero attached hydrogens (tertiary/aromatic N) is 1. The van der Waals surface area contributed by atoms with Crippen molar-refractivity contribution in [1.29, 1.82) is 0 Å². The highest BCUT2D eigenvalue weighted by Crippen LogP contribution is 2.18. The Labute approximate surface area is 206 Å². The van der Waals surface area contributed by atoms with Gasteiger partial charge in [-0.3, -0.25) is 4.79 Å². The number of hydrazone groups is 1. The largest absolute Gasteiger partial charge is 0.494 e. The average Bonchev–Trinajstić information content (AvgIpc) is 2.85. The zero-order valence-corrected chi connectivity index (χ0v) is 20.3. The highest BCUT2D eigenvalue weighted by atomic mass is 79.9. The van der Waals surface area contributed by atoms with Crippen LogP contribution in [0.5, 0.6) is 17.2 Å². The number of amides is 1. The lowest BCUT2D eigenvalue weighted by molar-refractivity contribution is -0.123. The molecular weight excluding hydrogens is 500 g/mol. The molecule has 0 aliphatic carbocycles. The van der Waals surface area contributed by atoms with Crippen LogP contribution in [0.25, 0.3) is 0 Å². The lowest BCUT2D eigenvalue weighted by Gasteiger charge is -2.08. The van der Waals surface area contributed by atoms with Crippen molar-refractivity contribution in [2.75, 3.05) is 13.2 Å². The van der Waals surface area contributed by atoms with Gasteiger partial charge in [0.05, 0.1) is 18.4 Å². The Hall–Kier alpha value is -3.65. The first kappa shape index (κ1) is 25.0. The summed E-state index contributed by atoms with van der Waals surface area (Å²) in [5.41, 5.74) is 3.59. The molecule has 3 aromatic carbocycles. The Balaban J connectivity index is 1.40. The molecule has 0 radical (unpaired) electrons. The van der Waals surface area contributed by atoms with Crippen molar-refractivity contribution in [3.05, 3.63) is 88.4 Å². The van der Waals surface area contributed by atoms with E-state index >= 15 is 0 Å². The van der Waals surface area contributed by atoms with Crippen LogP contribution in [0.2, 0.25) is 0 Å². The average molecular weight is 525 g/mol. The van der Waals surface area contributed by atoms with Crippen LogP contribution >= 0.6 is 15.9 Å². The number of unbranched alkanes of at least 4 members (excludes halogenated alkanes) is 1. The summed E-state index contributed by atoms with van der Waals surface area (Å²) in [6, 6.07) is 20.8. The molecule has 0 bridgehead atoms. The molecule has 0 aliphatic heterocycles. The van der Waals surface area contributed by atoms with E-state index in [2.05, 4.69) is 33.4 Å². The minimum absolute atomic E-state index is 0.168. The zero-order chi connectivity index (χ0) is 24.2. The third-order valence-electron chi connectivity index (χ3n) is 4.53. The fourth-order valence-electron chi connectivity index (χ4n) is 2.70. The second-order valence-electron chi connectivity index (χ2n) is 7.22. The number of hydrogen-bond donors (Lipinski definition) is 1. The fourth-order valence-corrected chi connectivity index (χ4v) is 2.96.